The Hall–Kier alpha value is -3.43. The van der Waals surface area contributed by atoms with Gasteiger partial charge in [-0.1, -0.05) is 46.8 Å². The summed E-state index contributed by atoms with van der Waals surface area (Å²) < 4.78 is 38.6. The first-order chi connectivity index (χ1) is 17.9. The Bertz CT molecular complexity index is 1080. The molecule has 0 bridgehead atoms. The lowest BCUT2D eigenvalue weighted by Gasteiger charge is -2.39. The number of alkyl halides is 3. The highest BCUT2D eigenvalue weighted by molar-refractivity contribution is 6.06. The highest BCUT2D eigenvalue weighted by Crippen LogP contribution is 2.32. The number of halogens is 3. The maximum absolute atomic E-state index is 13.2. The van der Waals surface area contributed by atoms with Crippen molar-refractivity contribution in [1.82, 2.24) is 9.88 Å². The topological polar surface area (TPSA) is 115 Å². The van der Waals surface area contributed by atoms with Gasteiger partial charge in [0, 0.05) is 53.9 Å². The molecule has 1 aromatic rings. The number of nitrogens with two attached hydrogens (primary N) is 2. The van der Waals surface area contributed by atoms with Crippen molar-refractivity contribution in [1.29, 1.82) is 0 Å². The highest BCUT2D eigenvalue weighted by Gasteiger charge is 2.37. The summed E-state index contributed by atoms with van der Waals surface area (Å²) in [5.41, 5.74) is 13.0. The van der Waals surface area contributed by atoms with E-state index in [1.807, 2.05) is 40.7 Å². The number of pyridine rings is 1. The average molecular weight is 536 g/mol. The lowest BCUT2D eigenvalue weighted by Crippen LogP contribution is -2.49. The van der Waals surface area contributed by atoms with Crippen molar-refractivity contribution in [3.05, 3.63) is 59.7 Å². The van der Waals surface area contributed by atoms with E-state index in [9.17, 15) is 22.8 Å². The maximum Gasteiger partial charge on any atom is 0.433 e. The molecule has 1 amide bonds. The molecule has 10 heteroatoms. The van der Waals surface area contributed by atoms with E-state index in [4.69, 9.17) is 11.5 Å². The van der Waals surface area contributed by atoms with Gasteiger partial charge in [-0.25, -0.2) is 0 Å². The Morgan fingerprint density at radius 1 is 1.32 bits per heavy atom. The zero-order valence-electron chi connectivity index (χ0n) is 22.9. The molecule has 4 N–H and O–H groups in total. The van der Waals surface area contributed by atoms with Crippen LogP contribution in [0.4, 0.5) is 18.9 Å². The summed E-state index contributed by atoms with van der Waals surface area (Å²) in [6.45, 7) is 13.4. The Kier molecular flexibility index (Phi) is 13.0. The van der Waals surface area contributed by atoms with Crippen LogP contribution in [0.3, 0.4) is 0 Å². The van der Waals surface area contributed by atoms with Crippen LogP contribution in [0, 0.1) is 5.92 Å². The van der Waals surface area contributed by atoms with Gasteiger partial charge in [0.15, 0.2) is 5.78 Å². The van der Waals surface area contributed by atoms with E-state index in [0.717, 1.165) is 30.3 Å². The van der Waals surface area contributed by atoms with Gasteiger partial charge >= 0.3 is 6.18 Å². The number of hydrogen-bond donors (Lipinski definition) is 2. The van der Waals surface area contributed by atoms with E-state index < -0.39 is 17.8 Å². The first kappa shape index (κ1) is 32.6. The summed E-state index contributed by atoms with van der Waals surface area (Å²) in [5, 5.41) is 0. The summed E-state index contributed by atoms with van der Waals surface area (Å²) in [6.07, 6.45) is 4.63. The van der Waals surface area contributed by atoms with Crippen molar-refractivity contribution in [2.24, 2.45) is 16.6 Å². The number of likely N-dealkylation sites (tertiary alicyclic amines) is 1. The summed E-state index contributed by atoms with van der Waals surface area (Å²) in [7, 11) is 0. The maximum atomic E-state index is 13.2. The van der Waals surface area contributed by atoms with Crippen LogP contribution in [0.2, 0.25) is 0 Å². The third kappa shape index (κ3) is 8.56. The van der Waals surface area contributed by atoms with Crippen LogP contribution in [-0.4, -0.2) is 39.9 Å². The third-order valence-electron chi connectivity index (χ3n) is 6.26. The fourth-order valence-corrected chi connectivity index (χ4v) is 4.00. The van der Waals surface area contributed by atoms with Crippen molar-refractivity contribution in [3.63, 3.8) is 0 Å². The number of carbonyl (C=O) groups excluding carboxylic acids is 2. The fraction of sp³-hybridized carbons (Fsp3) is 0.500. The van der Waals surface area contributed by atoms with Crippen LogP contribution in [0.15, 0.2) is 53.5 Å². The van der Waals surface area contributed by atoms with Gasteiger partial charge in [0.1, 0.15) is 5.69 Å². The number of aromatic nitrogens is 1. The van der Waals surface area contributed by atoms with Crippen molar-refractivity contribution in [2.75, 3.05) is 12.3 Å². The number of rotatable bonds is 8. The monoisotopic (exact) mass is 535 g/mol. The predicted molar refractivity (Wildman–Crippen MR) is 146 cm³/mol. The van der Waals surface area contributed by atoms with Gasteiger partial charge in [0.2, 0.25) is 0 Å². The van der Waals surface area contributed by atoms with Crippen molar-refractivity contribution < 1.29 is 22.8 Å². The van der Waals surface area contributed by atoms with E-state index in [2.05, 4.69) is 16.6 Å². The second-order valence-electron chi connectivity index (χ2n) is 8.99. The number of amides is 1. The lowest BCUT2D eigenvalue weighted by atomic mass is 9.88. The van der Waals surface area contributed by atoms with Crippen LogP contribution >= 0.6 is 0 Å². The van der Waals surface area contributed by atoms with Gasteiger partial charge in [-0.3, -0.25) is 19.6 Å². The molecule has 1 saturated heterocycles. The first-order valence-electron chi connectivity index (χ1n) is 12.8. The minimum Gasteiger partial charge on any atom is -0.402 e. The summed E-state index contributed by atoms with van der Waals surface area (Å²) in [6, 6.07) is 0.350. The molecule has 0 spiro atoms. The number of nitrogens with zero attached hydrogens (tertiary/aromatic N) is 3. The zero-order valence-corrected chi connectivity index (χ0v) is 22.9. The van der Waals surface area contributed by atoms with Gasteiger partial charge < -0.3 is 16.4 Å². The van der Waals surface area contributed by atoms with Gasteiger partial charge in [0.05, 0.1) is 11.6 Å². The van der Waals surface area contributed by atoms with Crippen molar-refractivity contribution in [2.45, 2.75) is 78.9 Å². The fourth-order valence-electron chi connectivity index (χ4n) is 4.00. The molecule has 2 rings (SSSR count). The molecule has 7 nitrogen and oxygen atoms in total. The van der Waals surface area contributed by atoms with Crippen LogP contribution < -0.4 is 11.5 Å². The second-order valence-corrected chi connectivity index (χ2v) is 8.99. The molecular weight excluding hydrogens is 495 g/mol. The average Bonchev–Trinajstić information content (AvgIpc) is 2.89. The number of carbonyl (C=O) groups is 2. The molecule has 0 aliphatic carbocycles. The lowest BCUT2D eigenvalue weighted by molar-refractivity contribution is -0.141. The molecule has 0 radical (unpaired) electrons. The Morgan fingerprint density at radius 3 is 2.42 bits per heavy atom. The van der Waals surface area contributed by atoms with Gasteiger partial charge in [0.25, 0.3) is 5.91 Å². The Balaban J connectivity index is 0.000000781. The van der Waals surface area contributed by atoms with E-state index in [-0.39, 0.29) is 29.0 Å². The zero-order chi connectivity index (χ0) is 29.0. The van der Waals surface area contributed by atoms with Crippen LogP contribution in [0.5, 0.6) is 0 Å². The molecule has 1 aromatic heterocycles. The molecule has 1 aliphatic rings. The van der Waals surface area contributed by atoms with Crippen molar-refractivity contribution >= 4 is 23.1 Å². The molecule has 210 valence electrons. The first-order valence-corrected chi connectivity index (χ1v) is 12.8. The quantitative estimate of drug-likeness (QED) is 0.392. The molecule has 0 saturated carbocycles. The molecule has 2 heterocycles. The van der Waals surface area contributed by atoms with Crippen LogP contribution in [-0.2, 0) is 11.0 Å². The predicted octanol–water partition coefficient (Wildman–Crippen LogP) is 6.08. The highest BCUT2D eigenvalue weighted by atomic mass is 19.4. The van der Waals surface area contributed by atoms with Gasteiger partial charge in [-0.05, 0) is 38.3 Å². The SMILES string of the molecule is C/C=C/N=C1\CCN(C(=O)c2cnc(C(F)(F)F)cc2N)C(CC)\C1=C(\N)CCC.C=CC(=O)C(C)CC. The van der Waals surface area contributed by atoms with E-state index >= 15 is 0 Å². The van der Waals surface area contributed by atoms with E-state index in [1.165, 1.54) is 6.08 Å². The van der Waals surface area contributed by atoms with E-state index in [0.29, 0.717) is 37.6 Å². The third-order valence-corrected chi connectivity index (χ3v) is 6.26. The normalized spacial score (nSPS) is 19.1. The van der Waals surface area contributed by atoms with Gasteiger partial charge in [-0.2, -0.15) is 13.2 Å². The molecule has 38 heavy (non-hydrogen) atoms. The molecule has 0 aromatic carbocycles. The molecular formula is C28H40F3N5O2. The number of nitrogen functional groups attached to an aromatic ring is 1. The minimum absolute atomic E-state index is 0.0521. The van der Waals surface area contributed by atoms with Crippen molar-refractivity contribution in [3.8, 4) is 0 Å². The standard InChI is InChI=1S/C21H28F3N5O.C7H12O/c1-4-7-14(25)19-16(27-9-5-2)8-10-29(17(19)6-3)20(30)13-12-28-18(11-15(13)26)21(22,23)24;1-4-6(3)7(8)5-2/h5,9,11-12,17H,4,6-8,10,25H2,1-3H3,(H2,26,28);5-6H,2,4H2,1,3H3/b9-5+,19-14+,27-16+;. The number of hydrogen-bond acceptors (Lipinski definition) is 6. The summed E-state index contributed by atoms with van der Waals surface area (Å²) >= 11 is 0. The second kappa shape index (κ2) is 15.1. The number of anilines is 1. The van der Waals surface area contributed by atoms with Gasteiger partial charge in [-0.15, -0.1) is 0 Å². The van der Waals surface area contributed by atoms with Crippen LogP contribution in [0.25, 0.3) is 0 Å². The summed E-state index contributed by atoms with van der Waals surface area (Å²) in [4.78, 5) is 33.3. The molecule has 2 unspecified atom stereocenters. The number of ketones is 1. The Morgan fingerprint density at radius 2 is 1.97 bits per heavy atom. The number of aliphatic imine (C=N–C) groups is 1. The largest absolute Gasteiger partial charge is 0.433 e. The molecule has 1 fully saturated rings. The van der Waals surface area contributed by atoms with Crippen LogP contribution in [0.1, 0.15) is 82.8 Å². The molecule has 2 atom stereocenters. The van der Waals surface area contributed by atoms with E-state index in [1.54, 1.807) is 11.1 Å². The Labute approximate surface area is 223 Å². The summed E-state index contributed by atoms with van der Waals surface area (Å²) in [5.74, 6) is -0.160. The number of piperidine rings is 1. The smallest absolute Gasteiger partial charge is 0.402 e. The minimum atomic E-state index is -4.63. The molecule has 1 aliphatic heterocycles. The number of allylic oxidation sites excluding steroid dienone is 3.